The summed E-state index contributed by atoms with van der Waals surface area (Å²) in [4.78, 5) is 10.4. The number of carbonyl (C=O) groups excluding carboxylic acids is 1. The van der Waals surface area contributed by atoms with Crippen LogP contribution in [0.3, 0.4) is 0 Å². The Kier molecular flexibility index (Phi) is 8.03. The molecular weight excluding hydrogens is 221 g/mol. The molecule has 16 heavy (non-hydrogen) atoms. The van der Waals surface area contributed by atoms with E-state index in [9.17, 15) is 18.0 Å². The molecule has 0 aliphatic heterocycles. The fraction of sp³-hybridized carbons (Fsp3) is 0.909. The first-order chi connectivity index (χ1) is 7.42. The van der Waals surface area contributed by atoms with Crippen LogP contribution in [0.15, 0.2) is 0 Å². The molecular formula is C11H19F3O2. The Morgan fingerprint density at radius 1 is 1.00 bits per heavy atom. The summed E-state index contributed by atoms with van der Waals surface area (Å²) in [5.41, 5.74) is 0. The fourth-order valence-corrected chi connectivity index (χ4v) is 1.35. The van der Waals surface area contributed by atoms with Crippen molar-refractivity contribution in [2.75, 3.05) is 6.61 Å². The quantitative estimate of drug-likeness (QED) is 0.476. The van der Waals surface area contributed by atoms with Gasteiger partial charge in [0, 0.05) is 13.3 Å². The number of carbonyl (C=O) groups is 1. The van der Waals surface area contributed by atoms with Crippen LogP contribution >= 0.6 is 0 Å². The normalized spacial score (nSPS) is 11.5. The van der Waals surface area contributed by atoms with Crippen LogP contribution in [0.5, 0.6) is 0 Å². The molecule has 0 unspecified atom stereocenters. The maximum absolute atomic E-state index is 11.8. The number of halogens is 3. The van der Waals surface area contributed by atoms with Gasteiger partial charge < -0.3 is 4.74 Å². The predicted molar refractivity (Wildman–Crippen MR) is 55.0 cm³/mol. The summed E-state index contributed by atoms with van der Waals surface area (Å²) < 4.78 is 40.0. The summed E-state index contributed by atoms with van der Waals surface area (Å²) in [7, 11) is 0. The van der Waals surface area contributed by atoms with E-state index < -0.39 is 12.6 Å². The van der Waals surface area contributed by atoms with Crippen LogP contribution in [0.4, 0.5) is 13.2 Å². The highest BCUT2D eigenvalue weighted by atomic mass is 19.4. The van der Waals surface area contributed by atoms with Crippen molar-refractivity contribution in [3.63, 3.8) is 0 Å². The van der Waals surface area contributed by atoms with E-state index in [1.807, 2.05) is 0 Å². The zero-order chi connectivity index (χ0) is 12.4. The molecule has 0 rings (SSSR count). The summed E-state index contributed by atoms with van der Waals surface area (Å²) in [6.07, 6.45) is -0.455. The molecule has 0 spiro atoms. The molecule has 0 saturated heterocycles. The van der Waals surface area contributed by atoms with Crippen LogP contribution < -0.4 is 0 Å². The van der Waals surface area contributed by atoms with Crippen molar-refractivity contribution in [1.29, 1.82) is 0 Å². The molecule has 0 aromatic rings. The smallest absolute Gasteiger partial charge is 0.389 e. The molecule has 0 N–H and O–H groups in total. The molecule has 0 aliphatic rings. The molecule has 5 heteroatoms. The number of unbranched alkanes of at least 4 members (excludes halogenated alkanes) is 5. The monoisotopic (exact) mass is 240 g/mol. The summed E-state index contributed by atoms with van der Waals surface area (Å²) in [5.74, 6) is -0.287. The van der Waals surface area contributed by atoms with Crippen LogP contribution in [0.1, 0.15) is 51.9 Å². The van der Waals surface area contributed by atoms with Crippen molar-refractivity contribution < 1.29 is 22.7 Å². The average Bonchev–Trinajstić information content (AvgIpc) is 2.13. The average molecular weight is 240 g/mol. The van der Waals surface area contributed by atoms with Crippen molar-refractivity contribution in [2.24, 2.45) is 0 Å². The number of rotatable bonds is 8. The zero-order valence-corrected chi connectivity index (χ0v) is 9.61. The first-order valence-corrected chi connectivity index (χ1v) is 5.62. The van der Waals surface area contributed by atoms with E-state index in [-0.39, 0.29) is 12.4 Å². The molecule has 0 aliphatic carbocycles. The lowest BCUT2D eigenvalue weighted by molar-refractivity contribution is -0.141. The lowest BCUT2D eigenvalue weighted by Gasteiger charge is -2.05. The van der Waals surface area contributed by atoms with Gasteiger partial charge >= 0.3 is 12.1 Å². The summed E-state index contributed by atoms with van der Waals surface area (Å²) in [5, 5.41) is 0. The van der Waals surface area contributed by atoms with Gasteiger partial charge in [-0.2, -0.15) is 13.2 Å². The zero-order valence-electron chi connectivity index (χ0n) is 9.61. The first-order valence-electron chi connectivity index (χ1n) is 5.62. The van der Waals surface area contributed by atoms with Gasteiger partial charge in [-0.3, -0.25) is 4.79 Å². The van der Waals surface area contributed by atoms with Gasteiger partial charge in [0.1, 0.15) is 0 Å². The standard InChI is InChI=1S/C11H19F3O2/c1-10(15)16-9-7-5-3-2-4-6-8-11(12,13)14/h2-9H2,1H3. The van der Waals surface area contributed by atoms with E-state index in [0.29, 0.717) is 13.0 Å². The molecule has 2 nitrogen and oxygen atoms in total. The second-order valence-electron chi connectivity index (χ2n) is 3.83. The topological polar surface area (TPSA) is 26.3 Å². The third kappa shape index (κ3) is 13.3. The van der Waals surface area contributed by atoms with Gasteiger partial charge in [0.2, 0.25) is 0 Å². The highest BCUT2D eigenvalue weighted by Gasteiger charge is 2.25. The SMILES string of the molecule is CC(=O)OCCCCCCCCC(F)(F)F. The number of ether oxygens (including phenoxy) is 1. The van der Waals surface area contributed by atoms with Gasteiger partial charge in [0.05, 0.1) is 6.61 Å². The Morgan fingerprint density at radius 3 is 2.00 bits per heavy atom. The van der Waals surface area contributed by atoms with Gasteiger partial charge in [-0.15, -0.1) is 0 Å². The van der Waals surface area contributed by atoms with Crippen LogP contribution in [0, 0.1) is 0 Å². The first kappa shape index (κ1) is 15.3. The van der Waals surface area contributed by atoms with Gasteiger partial charge in [0.15, 0.2) is 0 Å². The third-order valence-electron chi connectivity index (χ3n) is 2.16. The Labute approximate surface area is 94.2 Å². The minimum Gasteiger partial charge on any atom is -0.466 e. The molecule has 0 bridgehead atoms. The Bertz CT molecular complexity index is 190. The van der Waals surface area contributed by atoms with E-state index in [4.69, 9.17) is 4.74 Å². The van der Waals surface area contributed by atoms with Gasteiger partial charge in [-0.05, 0) is 12.8 Å². The molecule has 0 atom stereocenters. The van der Waals surface area contributed by atoms with Crippen molar-refractivity contribution in [3.8, 4) is 0 Å². The van der Waals surface area contributed by atoms with Crippen molar-refractivity contribution >= 4 is 5.97 Å². The Morgan fingerprint density at radius 2 is 1.50 bits per heavy atom. The molecule has 96 valence electrons. The number of hydrogen-bond donors (Lipinski definition) is 0. The van der Waals surface area contributed by atoms with E-state index in [1.165, 1.54) is 6.92 Å². The molecule has 0 fully saturated rings. The van der Waals surface area contributed by atoms with Crippen molar-refractivity contribution in [2.45, 2.75) is 58.0 Å². The van der Waals surface area contributed by atoms with Crippen LogP contribution in [-0.4, -0.2) is 18.8 Å². The second-order valence-corrected chi connectivity index (χ2v) is 3.83. The number of esters is 1. The third-order valence-corrected chi connectivity index (χ3v) is 2.16. The fourth-order valence-electron chi connectivity index (χ4n) is 1.35. The van der Waals surface area contributed by atoms with Crippen molar-refractivity contribution in [1.82, 2.24) is 0 Å². The van der Waals surface area contributed by atoms with E-state index >= 15 is 0 Å². The highest BCUT2D eigenvalue weighted by molar-refractivity contribution is 5.65. The van der Waals surface area contributed by atoms with E-state index in [2.05, 4.69) is 0 Å². The molecule has 0 aromatic carbocycles. The van der Waals surface area contributed by atoms with Gasteiger partial charge in [0.25, 0.3) is 0 Å². The number of alkyl halides is 3. The van der Waals surface area contributed by atoms with Crippen LogP contribution in [-0.2, 0) is 9.53 Å². The molecule has 0 radical (unpaired) electrons. The van der Waals surface area contributed by atoms with E-state index in [0.717, 1.165) is 25.7 Å². The van der Waals surface area contributed by atoms with Crippen LogP contribution in [0.25, 0.3) is 0 Å². The predicted octanol–water partition coefficient (Wildman–Crippen LogP) is 3.84. The Hall–Kier alpha value is -0.740. The second kappa shape index (κ2) is 8.42. The van der Waals surface area contributed by atoms with E-state index in [1.54, 1.807) is 0 Å². The summed E-state index contributed by atoms with van der Waals surface area (Å²) >= 11 is 0. The molecule has 0 saturated carbocycles. The van der Waals surface area contributed by atoms with Crippen molar-refractivity contribution in [3.05, 3.63) is 0 Å². The minimum atomic E-state index is -4.02. The molecule has 0 heterocycles. The maximum atomic E-state index is 11.8. The van der Waals surface area contributed by atoms with Crippen LogP contribution in [0.2, 0.25) is 0 Å². The Balaban J connectivity index is 3.07. The number of hydrogen-bond acceptors (Lipinski definition) is 2. The molecule has 0 amide bonds. The van der Waals surface area contributed by atoms with Gasteiger partial charge in [-0.25, -0.2) is 0 Å². The van der Waals surface area contributed by atoms with Gasteiger partial charge in [-0.1, -0.05) is 25.7 Å². The minimum absolute atomic E-state index is 0.216. The summed E-state index contributed by atoms with van der Waals surface area (Å²) in [6, 6.07) is 0. The lowest BCUT2D eigenvalue weighted by Crippen LogP contribution is -2.06. The molecule has 0 aromatic heterocycles. The maximum Gasteiger partial charge on any atom is 0.389 e. The highest BCUT2D eigenvalue weighted by Crippen LogP contribution is 2.23. The largest absolute Gasteiger partial charge is 0.466 e. The lowest BCUT2D eigenvalue weighted by atomic mass is 10.1. The summed E-state index contributed by atoms with van der Waals surface area (Å²) in [6.45, 7) is 1.77.